The van der Waals surface area contributed by atoms with Crippen molar-refractivity contribution in [1.82, 2.24) is 0 Å². The molecule has 0 atom stereocenters. The number of anilines is 1. The molecule has 4 nitrogen and oxygen atoms in total. The summed E-state index contributed by atoms with van der Waals surface area (Å²) in [5.41, 5.74) is 1.29. The van der Waals surface area contributed by atoms with E-state index in [4.69, 9.17) is 4.74 Å². The van der Waals surface area contributed by atoms with Crippen molar-refractivity contribution >= 4 is 11.7 Å². The van der Waals surface area contributed by atoms with Gasteiger partial charge in [-0.3, -0.25) is 0 Å². The summed E-state index contributed by atoms with van der Waals surface area (Å²) in [5.74, 6) is -0.343. The van der Waals surface area contributed by atoms with E-state index in [-0.39, 0.29) is 18.0 Å². The van der Waals surface area contributed by atoms with Crippen LogP contribution in [0.15, 0.2) is 24.3 Å². The molecule has 98 valence electrons. The van der Waals surface area contributed by atoms with Gasteiger partial charge in [-0.1, -0.05) is 18.6 Å². The summed E-state index contributed by atoms with van der Waals surface area (Å²) >= 11 is 0. The number of aliphatic hydroxyl groups excluding tert-OH is 1. The molecule has 0 saturated heterocycles. The van der Waals surface area contributed by atoms with E-state index >= 15 is 0 Å². The van der Waals surface area contributed by atoms with Crippen LogP contribution in [-0.2, 0) is 4.74 Å². The van der Waals surface area contributed by atoms with E-state index in [1.54, 1.807) is 6.07 Å². The third kappa shape index (κ3) is 2.48. The van der Waals surface area contributed by atoms with Crippen LogP contribution < -0.4 is 5.32 Å². The Morgan fingerprint density at radius 2 is 2.17 bits per heavy atom. The topological polar surface area (TPSA) is 58.6 Å². The van der Waals surface area contributed by atoms with E-state index in [1.165, 1.54) is 13.5 Å². The molecular weight excluding hydrogens is 230 g/mol. The summed E-state index contributed by atoms with van der Waals surface area (Å²) in [4.78, 5) is 11.6. The first-order chi connectivity index (χ1) is 8.71. The van der Waals surface area contributed by atoms with E-state index in [1.807, 2.05) is 18.2 Å². The molecule has 4 heteroatoms. The number of esters is 1. The molecule has 1 saturated carbocycles. The Morgan fingerprint density at radius 3 is 2.72 bits per heavy atom. The maximum atomic E-state index is 11.6. The van der Waals surface area contributed by atoms with E-state index in [9.17, 15) is 9.90 Å². The van der Waals surface area contributed by atoms with Crippen LogP contribution >= 0.6 is 0 Å². The molecule has 1 fully saturated rings. The Balaban J connectivity index is 2.07. The molecule has 1 aliphatic carbocycles. The molecule has 0 heterocycles. The van der Waals surface area contributed by atoms with E-state index in [2.05, 4.69) is 5.32 Å². The van der Waals surface area contributed by atoms with Crippen LogP contribution in [0, 0.1) is 5.41 Å². The van der Waals surface area contributed by atoms with Gasteiger partial charge in [-0.15, -0.1) is 0 Å². The molecule has 2 N–H and O–H groups in total. The van der Waals surface area contributed by atoms with Crippen LogP contribution in [-0.4, -0.2) is 31.3 Å². The first kappa shape index (κ1) is 12.9. The van der Waals surface area contributed by atoms with Gasteiger partial charge in [-0.25, -0.2) is 4.79 Å². The number of methoxy groups -OCH3 is 1. The highest BCUT2D eigenvalue weighted by Gasteiger charge is 2.36. The lowest BCUT2D eigenvalue weighted by Gasteiger charge is -2.40. The number of hydrogen-bond donors (Lipinski definition) is 2. The van der Waals surface area contributed by atoms with Crippen LogP contribution in [0.2, 0.25) is 0 Å². The molecule has 1 aliphatic rings. The summed E-state index contributed by atoms with van der Waals surface area (Å²) in [6.45, 7) is 0.887. The number of aliphatic hydroxyl groups is 1. The molecule has 0 unspecified atom stereocenters. The zero-order chi connectivity index (χ0) is 13.0. The van der Waals surface area contributed by atoms with E-state index in [0.29, 0.717) is 12.1 Å². The Hall–Kier alpha value is -1.55. The number of rotatable bonds is 5. The van der Waals surface area contributed by atoms with Crippen molar-refractivity contribution in [3.63, 3.8) is 0 Å². The fraction of sp³-hybridized carbons (Fsp3) is 0.500. The van der Waals surface area contributed by atoms with Gasteiger partial charge in [0.05, 0.1) is 19.3 Å². The van der Waals surface area contributed by atoms with Crippen molar-refractivity contribution in [2.24, 2.45) is 5.41 Å². The number of ether oxygens (including phenoxy) is 1. The second-order valence-electron chi connectivity index (χ2n) is 4.90. The molecule has 18 heavy (non-hydrogen) atoms. The van der Waals surface area contributed by atoms with Crippen LogP contribution in [0.4, 0.5) is 5.69 Å². The van der Waals surface area contributed by atoms with Gasteiger partial charge < -0.3 is 15.2 Å². The van der Waals surface area contributed by atoms with Crippen LogP contribution in [0.1, 0.15) is 29.6 Å². The highest BCUT2D eigenvalue weighted by atomic mass is 16.5. The van der Waals surface area contributed by atoms with Crippen molar-refractivity contribution in [3.05, 3.63) is 29.8 Å². The molecule has 0 aliphatic heterocycles. The Bertz CT molecular complexity index is 421. The van der Waals surface area contributed by atoms with E-state index in [0.717, 1.165) is 18.5 Å². The molecule has 0 radical (unpaired) electrons. The highest BCUT2D eigenvalue weighted by Crippen LogP contribution is 2.40. The molecule has 0 aromatic heterocycles. The van der Waals surface area contributed by atoms with Gasteiger partial charge in [0.15, 0.2) is 0 Å². The maximum Gasteiger partial charge on any atom is 0.339 e. The summed E-state index contributed by atoms with van der Waals surface area (Å²) in [6.07, 6.45) is 3.24. The van der Waals surface area contributed by atoms with Crippen molar-refractivity contribution in [3.8, 4) is 0 Å². The monoisotopic (exact) mass is 249 g/mol. The highest BCUT2D eigenvalue weighted by molar-refractivity contribution is 5.95. The van der Waals surface area contributed by atoms with Crippen molar-refractivity contribution in [2.45, 2.75) is 19.3 Å². The quantitative estimate of drug-likeness (QED) is 0.784. The minimum atomic E-state index is -0.343. The van der Waals surface area contributed by atoms with Gasteiger partial charge in [0.1, 0.15) is 0 Å². The fourth-order valence-electron chi connectivity index (χ4n) is 2.28. The van der Waals surface area contributed by atoms with Crippen molar-refractivity contribution < 1.29 is 14.6 Å². The summed E-state index contributed by atoms with van der Waals surface area (Å²) in [6, 6.07) is 7.28. The van der Waals surface area contributed by atoms with Gasteiger partial charge in [0, 0.05) is 17.6 Å². The first-order valence-corrected chi connectivity index (χ1v) is 6.23. The zero-order valence-corrected chi connectivity index (χ0v) is 10.6. The number of nitrogens with one attached hydrogen (secondary N) is 1. The third-order valence-corrected chi connectivity index (χ3v) is 3.74. The largest absolute Gasteiger partial charge is 0.465 e. The summed E-state index contributed by atoms with van der Waals surface area (Å²) in [7, 11) is 1.38. The molecule has 1 aromatic rings. The van der Waals surface area contributed by atoms with E-state index < -0.39 is 0 Å². The fourth-order valence-corrected chi connectivity index (χ4v) is 2.28. The first-order valence-electron chi connectivity index (χ1n) is 6.23. The number of carbonyl (C=O) groups excluding carboxylic acids is 1. The van der Waals surface area contributed by atoms with Crippen LogP contribution in [0.5, 0.6) is 0 Å². The van der Waals surface area contributed by atoms with Gasteiger partial charge in [0.2, 0.25) is 0 Å². The number of benzene rings is 1. The Morgan fingerprint density at radius 1 is 1.44 bits per heavy atom. The average Bonchev–Trinajstić information content (AvgIpc) is 2.37. The maximum absolute atomic E-state index is 11.6. The molecular formula is C14H19NO3. The molecule has 1 aromatic carbocycles. The molecule has 2 rings (SSSR count). The molecule has 0 bridgehead atoms. The zero-order valence-electron chi connectivity index (χ0n) is 10.6. The van der Waals surface area contributed by atoms with Crippen molar-refractivity contribution in [2.75, 3.05) is 25.6 Å². The summed E-state index contributed by atoms with van der Waals surface area (Å²) in [5, 5.41) is 12.7. The van der Waals surface area contributed by atoms with Gasteiger partial charge >= 0.3 is 5.97 Å². The number of para-hydroxylation sites is 1. The minimum absolute atomic E-state index is 0.0107. The average molecular weight is 249 g/mol. The lowest BCUT2D eigenvalue weighted by atomic mass is 9.69. The van der Waals surface area contributed by atoms with Gasteiger partial charge in [-0.05, 0) is 25.0 Å². The second-order valence-corrected chi connectivity index (χ2v) is 4.90. The number of carbonyl (C=O) groups is 1. The summed E-state index contributed by atoms with van der Waals surface area (Å²) < 4.78 is 4.75. The van der Waals surface area contributed by atoms with Gasteiger partial charge in [-0.2, -0.15) is 0 Å². The third-order valence-electron chi connectivity index (χ3n) is 3.74. The Labute approximate surface area is 107 Å². The predicted molar refractivity (Wildman–Crippen MR) is 69.6 cm³/mol. The van der Waals surface area contributed by atoms with Crippen LogP contribution in [0.3, 0.4) is 0 Å². The standard InChI is InChI=1S/C14H19NO3/c1-18-13(17)11-5-2-3-6-12(11)15-9-14(10-16)7-4-8-14/h2-3,5-6,15-16H,4,7-10H2,1H3. The number of hydrogen-bond acceptors (Lipinski definition) is 4. The van der Waals surface area contributed by atoms with Gasteiger partial charge in [0.25, 0.3) is 0 Å². The van der Waals surface area contributed by atoms with Crippen molar-refractivity contribution in [1.29, 1.82) is 0 Å². The predicted octanol–water partition coefficient (Wildman–Crippen LogP) is 2.05. The minimum Gasteiger partial charge on any atom is -0.465 e. The van der Waals surface area contributed by atoms with Crippen LogP contribution in [0.25, 0.3) is 0 Å². The Kier molecular flexibility index (Phi) is 3.87. The second kappa shape index (κ2) is 5.40. The lowest BCUT2D eigenvalue weighted by molar-refractivity contribution is 0.0572. The molecule has 0 spiro atoms. The smallest absolute Gasteiger partial charge is 0.339 e. The lowest BCUT2D eigenvalue weighted by Crippen LogP contribution is -2.40. The SMILES string of the molecule is COC(=O)c1ccccc1NCC1(CO)CCC1. The molecule has 0 amide bonds. The normalized spacial score (nSPS) is 16.8.